The zero-order valence-corrected chi connectivity index (χ0v) is 20.4. The largest absolute Gasteiger partial charge is 0.573 e. The zero-order valence-electron chi connectivity index (χ0n) is 20.4. The van der Waals surface area contributed by atoms with Gasteiger partial charge < -0.3 is 14.4 Å². The number of carbonyl (C=O) groups excluding carboxylic acids is 4. The maximum absolute atomic E-state index is 12.9. The summed E-state index contributed by atoms with van der Waals surface area (Å²) in [6.45, 7) is 5.60. The number of piperidine rings is 1. The number of halogens is 3. The predicted molar refractivity (Wildman–Crippen MR) is 126 cm³/mol. The number of alkyl halides is 3. The van der Waals surface area contributed by atoms with Gasteiger partial charge in [-0.1, -0.05) is 32.0 Å². The number of nitrogens with zero attached hydrogens (tertiary/aromatic N) is 1. The van der Waals surface area contributed by atoms with Crippen molar-refractivity contribution in [3.8, 4) is 5.75 Å². The summed E-state index contributed by atoms with van der Waals surface area (Å²) in [5.74, 6) is -1.74. The first-order chi connectivity index (χ1) is 17.5. The van der Waals surface area contributed by atoms with E-state index in [0.29, 0.717) is 22.3 Å². The number of fused-ring (bicyclic) bond motifs is 1. The molecule has 2 aromatic rings. The Hall–Kier alpha value is -4.09. The van der Waals surface area contributed by atoms with E-state index >= 15 is 0 Å². The first-order valence-corrected chi connectivity index (χ1v) is 11.6. The maximum Gasteiger partial charge on any atom is 0.573 e. The summed E-state index contributed by atoms with van der Waals surface area (Å²) in [6.07, 6.45) is -5.38. The third kappa shape index (κ3) is 6.78. The van der Waals surface area contributed by atoms with E-state index in [9.17, 15) is 32.3 Å². The lowest BCUT2D eigenvalue weighted by Gasteiger charge is -2.29. The first kappa shape index (κ1) is 27.5. The Morgan fingerprint density at radius 2 is 1.86 bits per heavy atom. The van der Waals surface area contributed by atoms with Crippen LogP contribution in [0.4, 0.5) is 23.7 Å². The Kier molecular flexibility index (Phi) is 8.41. The number of benzene rings is 2. The van der Waals surface area contributed by atoms with Crippen LogP contribution < -0.4 is 15.4 Å². The monoisotopic (exact) mass is 521 g/mol. The number of nitrogens with one attached hydrogen (secondary N) is 2. The van der Waals surface area contributed by atoms with Crippen molar-refractivity contribution in [1.29, 1.82) is 0 Å². The molecule has 0 radical (unpaired) electrons. The zero-order chi connectivity index (χ0) is 27.3. The maximum atomic E-state index is 12.9. The number of hydrogen-bond acceptors (Lipinski definition) is 6. The van der Waals surface area contributed by atoms with E-state index in [4.69, 9.17) is 4.74 Å². The Morgan fingerprint density at radius 3 is 2.54 bits per heavy atom. The number of imide groups is 1. The van der Waals surface area contributed by atoms with Crippen molar-refractivity contribution in [3.63, 3.8) is 0 Å². The lowest BCUT2D eigenvalue weighted by Crippen LogP contribution is -2.52. The van der Waals surface area contributed by atoms with Crippen molar-refractivity contribution in [2.45, 2.75) is 59.2 Å². The van der Waals surface area contributed by atoms with Crippen molar-refractivity contribution < 1.29 is 41.8 Å². The van der Waals surface area contributed by atoms with Crippen LogP contribution in [0.25, 0.3) is 0 Å². The average Bonchev–Trinajstić information content (AvgIpc) is 3.16. The number of rotatable bonds is 5. The Bertz CT molecular complexity index is 1210. The average molecular weight is 521 g/mol. The summed E-state index contributed by atoms with van der Waals surface area (Å²) in [7, 11) is 0. The molecule has 2 aliphatic heterocycles. The van der Waals surface area contributed by atoms with Gasteiger partial charge in [-0.05, 0) is 42.2 Å². The molecule has 2 aliphatic rings. The number of aryl methyl sites for hydroxylation is 1. The molecule has 0 spiro atoms. The van der Waals surface area contributed by atoms with Gasteiger partial charge in [-0.2, -0.15) is 0 Å². The van der Waals surface area contributed by atoms with E-state index < -0.39 is 30.2 Å². The fourth-order valence-electron chi connectivity index (χ4n) is 3.92. The summed E-state index contributed by atoms with van der Waals surface area (Å²) in [6, 6.07) is 7.68. The molecular formula is C25H26F3N3O6. The Balaban J connectivity index is 0.00000186. The van der Waals surface area contributed by atoms with Crippen molar-refractivity contribution in [3.05, 3.63) is 58.7 Å². The standard InChI is InChI=1S/C23H20F3N3O6.C2H6/c1-12-2-5-15(35-23(24,25)26)9-17(12)27-22(33)34-11-13-3-4-14-10-29(21(32)16(14)8-13)18-6-7-19(30)28-20(18)31;1-2/h2-5,8-9,18H,6-7,10-11H2,1H3,(H,27,33)(H,28,30,31);1-2H3. The molecular weight excluding hydrogens is 495 g/mol. The van der Waals surface area contributed by atoms with Gasteiger partial charge in [0.15, 0.2) is 0 Å². The van der Waals surface area contributed by atoms with E-state index in [1.165, 1.54) is 11.0 Å². The Morgan fingerprint density at radius 1 is 1.14 bits per heavy atom. The van der Waals surface area contributed by atoms with Crippen molar-refractivity contribution in [2.75, 3.05) is 5.32 Å². The Labute approximate surface area is 210 Å². The second-order valence-electron chi connectivity index (χ2n) is 8.12. The van der Waals surface area contributed by atoms with E-state index in [0.717, 1.165) is 12.1 Å². The highest BCUT2D eigenvalue weighted by Crippen LogP contribution is 2.29. The molecule has 0 aromatic heterocycles. The molecule has 4 rings (SSSR count). The highest BCUT2D eigenvalue weighted by molar-refractivity contribution is 6.05. The van der Waals surface area contributed by atoms with Crippen LogP contribution in [0.2, 0.25) is 0 Å². The fourth-order valence-corrected chi connectivity index (χ4v) is 3.92. The topological polar surface area (TPSA) is 114 Å². The van der Waals surface area contributed by atoms with Crippen LogP contribution >= 0.6 is 0 Å². The van der Waals surface area contributed by atoms with Crippen LogP contribution in [0.1, 0.15) is 53.7 Å². The van der Waals surface area contributed by atoms with Gasteiger partial charge in [0, 0.05) is 24.6 Å². The second-order valence-corrected chi connectivity index (χ2v) is 8.12. The van der Waals surface area contributed by atoms with E-state index in [1.54, 1.807) is 25.1 Å². The van der Waals surface area contributed by atoms with Crippen LogP contribution in [0.3, 0.4) is 0 Å². The summed E-state index contributed by atoms with van der Waals surface area (Å²) < 4.78 is 46.3. The molecule has 198 valence electrons. The van der Waals surface area contributed by atoms with Crippen molar-refractivity contribution in [1.82, 2.24) is 10.2 Å². The van der Waals surface area contributed by atoms with Crippen LogP contribution in [0.15, 0.2) is 36.4 Å². The van der Waals surface area contributed by atoms with Gasteiger partial charge in [-0.25, -0.2) is 4.79 Å². The SMILES string of the molecule is CC.Cc1ccc(OC(F)(F)F)cc1NC(=O)OCc1ccc2c(c1)C(=O)N(C1CCC(=O)NC1=O)C2. The molecule has 2 N–H and O–H groups in total. The van der Waals surface area contributed by atoms with E-state index in [1.807, 2.05) is 13.8 Å². The number of amides is 4. The van der Waals surface area contributed by atoms with Gasteiger partial charge in [-0.3, -0.25) is 25.0 Å². The number of carbonyl (C=O) groups is 4. The third-order valence-electron chi connectivity index (χ3n) is 5.64. The third-order valence-corrected chi connectivity index (χ3v) is 5.64. The van der Waals surface area contributed by atoms with Crippen molar-refractivity contribution >= 4 is 29.5 Å². The van der Waals surface area contributed by atoms with E-state index in [-0.39, 0.29) is 43.5 Å². The minimum Gasteiger partial charge on any atom is -0.444 e. The van der Waals surface area contributed by atoms with Gasteiger partial charge in [-0.15, -0.1) is 13.2 Å². The van der Waals surface area contributed by atoms with Gasteiger partial charge in [0.2, 0.25) is 11.8 Å². The molecule has 37 heavy (non-hydrogen) atoms. The molecule has 1 atom stereocenters. The van der Waals surface area contributed by atoms with Gasteiger partial charge in [0.1, 0.15) is 18.4 Å². The summed E-state index contributed by atoms with van der Waals surface area (Å²) >= 11 is 0. The lowest BCUT2D eigenvalue weighted by atomic mass is 10.0. The van der Waals surface area contributed by atoms with Crippen LogP contribution in [0.5, 0.6) is 5.75 Å². The quantitative estimate of drug-likeness (QED) is 0.563. The number of ether oxygens (including phenoxy) is 2. The molecule has 12 heteroatoms. The molecule has 0 saturated carbocycles. The molecule has 1 saturated heterocycles. The van der Waals surface area contributed by atoms with Gasteiger partial charge >= 0.3 is 12.5 Å². The molecule has 0 bridgehead atoms. The van der Waals surface area contributed by atoms with Crippen LogP contribution in [0, 0.1) is 6.92 Å². The normalized spacial score (nSPS) is 16.9. The smallest absolute Gasteiger partial charge is 0.444 e. The second kappa shape index (κ2) is 11.3. The predicted octanol–water partition coefficient (Wildman–Crippen LogP) is 4.43. The highest BCUT2D eigenvalue weighted by Gasteiger charge is 2.39. The summed E-state index contributed by atoms with van der Waals surface area (Å²) in [5, 5.41) is 4.61. The van der Waals surface area contributed by atoms with Crippen LogP contribution in [-0.4, -0.2) is 41.1 Å². The number of anilines is 1. The molecule has 1 fully saturated rings. The minimum atomic E-state index is -4.87. The lowest BCUT2D eigenvalue weighted by molar-refractivity contribution is -0.274. The van der Waals surface area contributed by atoms with Crippen LogP contribution in [-0.2, 0) is 27.5 Å². The van der Waals surface area contributed by atoms with E-state index in [2.05, 4.69) is 15.4 Å². The fraction of sp³-hybridized carbons (Fsp3) is 0.360. The molecule has 2 heterocycles. The molecule has 1 unspecified atom stereocenters. The van der Waals surface area contributed by atoms with Gasteiger partial charge in [0.25, 0.3) is 5.91 Å². The van der Waals surface area contributed by atoms with Crippen molar-refractivity contribution in [2.24, 2.45) is 0 Å². The van der Waals surface area contributed by atoms with Gasteiger partial charge in [0.05, 0.1) is 5.69 Å². The summed E-state index contributed by atoms with van der Waals surface area (Å²) in [4.78, 5) is 50.0. The molecule has 9 nitrogen and oxygen atoms in total. The molecule has 2 aromatic carbocycles. The molecule has 4 amide bonds. The summed E-state index contributed by atoms with van der Waals surface area (Å²) in [5.41, 5.74) is 2.14. The first-order valence-electron chi connectivity index (χ1n) is 11.6. The highest BCUT2D eigenvalue weighted by atomic mass is 19.4. The number of hydrogen-bond donors (Lipinski definition) is 2. The molecule has 0 aliphatic carbocycles. The minimum absolute atomic E-state index is 0.0840.